The predicted octanol–water partition coefficient (Wildman–Crippen LogP) is 7.66. The molecule has 3 aromatic carbocycles. The van der Waals surface area contributed by atoms with E-state index in [0.717, 1.165) is 22.5 Å². The number of hydrogen-bond acceptors (Lipinski definition) is 2. The molecule has 0 atom stereocenters. The average molecular weight is 607 g/mol. The van der Waals surface area contributed by atoms with Crippen molar-refractivity contribution in [2.24, 2.45) is 0 Å². The number of aromatic nitrogens is 2. The Balaban J connectivity index is 0.000000322. The van der Waals surface area contributed by atoms with Gasteiger partial charge in [0.05, 0.1) is 0 Å². The zero-order chi connectivity index (χ0) is 20.4. The van der Waals surface area contributed by atoms with Crippen LogP contribution in [0.1, 0.15) is 0 Å². The minimum Gasteiger partial charge on any atom is -0.358 e. The Morgan fingerprint density at radius 3 is 1.64 bits per heavy atom. The minimum atomic E-state index is 0. The maximum atomic E-state index is 4.40. The van der Waals surface area contributed by atoms with Crippen LogP contribution in [0.3, 0.4) is 0 Å². The van der Waals surface area contributed by atoms with Crippen molar-refractivity contribution in [2.75, 3.05) is 0 Å². The molecule has 0 N–H and O–H groups in total. The summed E-state index contributed by atoms with van der Waals surface area (Å²) < 4.78 is 0. The summed E-state index contributed by atoms with van der Waals surface area (Å²) in [6.45, 7) is 0. The molecular weight excluding hydrogens is 581 g/mol. The Kier molecular flexibility index (Phi) is 12.3. The smallest absolute Gasteiger partial charge is 0.0166 e. The molecule has 0 fully saturated rings. The summed E-state index contributed by atoms with van der Waals surface area (Å²) in [6.07, 6.45) is 3.63. The van der Waals surface area contributed by atoms with Gasteiger partial charge in [-0.3, -0.25) is 0 Å². The van der Waals surface area contributed by atoms with Crippen molar-refractivity contribution >= 4 is 0 Å². The third-order valence-electron chi connectivity index (χ3n) is 4.50. The topological polar surface area (TPSA) is 25.8 Å². The van der Waals surface area contributed by atoms with Crippen molar-refractivity contribution < 1.29 is 20.1 Å². The number of pyridine rings is 2. The van der Waals surface area contributed by atoms with Gasteiger partial charge < -0.3 is 24.8 Å². The predicted molar refractivity (Wildman–Crippen MR) is 135 cm³/mol. The van der Waals surface area contributed by atoms with Crippen LogP contribution in [0.5, 0.6) is 0 Å². The molecule has 0 amide bonds. The first-order valence-electron chi connectivity index (χ1n) is 9.77. The van der Waals surface area contributed by atoms with Crippen molar-refractivity contribution in [3.8, 4) is 33.6 Å². The summed E-state index contributed by atoms with van der Waals surface area (Å²) in [4.78, 5) is 8.62. The molecule has 0 aliphatic heterocycles. The van der Waals surface area contributed by atoms with Crippen LogP contribution in [-0.4, -0.2) is 9.97 Å². The van der Waals surface area contributed by atoms with Crippen molar-refractivity contribution in [3.63, 3.8) is 0 Å². The second kappa shape index (κ2) is 14.6. The molecule has 5 rings (SSSR count). The van der Waals surface area contributed by atoms with Gasteiger partial charge in [-0.15, -0.1) is 71.8 Å². The number of benzene rings is 3. The zero-order valence-electron chi connectivity index (χ0n) is 18.8. The van der Waals surface area contributed by atoms with Crippen LogP contribution in [-0.2, 0) is 20.1 Å². The molecular formula is C30H26IrN2-4. The molecule has 5 aromatic rings. The van der Waals surface area contributed by atoms with Crippen molar-refractivity contribution in [2.45, 2.75) is 0 Å². The summed E-state index contributed by atoms with van der Waals surface area (Å²) in [7, 11) is 0. The Labute approximate surface area is 211 Å². The number of rotatable bonds is 3. The van der Waals surface area contributed by atoms with Gasteiger partial charge in [0.2, 0.25) is 0 Å². The number of nitrogens with zero attached hydrogens (tertiary/aromatic N) is 2. The van der Waals surface area contributed by atoms with Gasteiger partial charge >= 0.3 is 0 Å². The molecule has 33 heavy (non-hydrogen) atoms. The van der Waals surface area contributed by atoms with E-state index < -0.39 is 0 Å². The van der Waals surface area contributed by atoms with Crippen LogP contribution < -0.4 is 0 Å². The maximum absolute atomic E-state index is 4.40. The molecule has 0 spiro atoms. The Morgan fingerprint density at radius 2 is 1.06 bits per heavy atom. The van der Waals surface area contributed by atoms with Crippen molar-refractivity contribution in [3.05, 3.63) is 149 Å². The maximum Gasteiger partial charge on any atom is 0.0166 e. The normalized spacial score (nSPS) is 9.09. The second-order valence-corrected chi connectivity index (χ2v) is 6.56. The molecule has 1 radical (unpaired) electrons. The summed E-state index contributed by atoms with van der Waals surface area (Å²) >= 11 is 0. The van der Waals surface area contributed by atoms with Gasteiger partial charge in [-0.05, 0) is 34.6 Å². The van der Waals surface area contributed by atoms with E-state index in [0.29, 0.717) is 0 Å². The van der Waals surface area contributed by atoms with Gasteiger partial charge in [0.15, 0.2) is 0 Å². The first-order valence-corrected chi connectivity index (χ1v) is 9.77. The largest absolute Gasteiger partial charge is 0.358 e. The molecule has 0 saturated carbocycles. The van der Waals surface area contributed by atoms with Gasteiger partial charge in [0.25, 0.3) is 0 Å². The third kappa shape index (κ3) is 7.91. The van der Waals surface area contributed by atoms with E-state index in [1.54, 1.807) is 6.20 Å². The summed E-state index contributed by atoms with van der Waals surface area (Å²) in [5.74, 6) is 0. The van der Waals surface area contributed by atoms with Crippen LogP contribution in [0.4, 0.5) is 0 Å². The molecule has 2 aromatic heterocycles. The molecule has 2 nitrogen and oxygen atoms in total. The summed E-state index contributed by atoms with van der Waals surface area (Å²) in [6, 6.07) is 42.4. The van der Waals surface area contributed by atoms with E-state index in [9.17, 15) is 0 Å². The zero-order valence-corrected chi connectivity index (χ0v) is 21.2. The molecule has 0 bridgehead atoms. The quantitative estimate of drug-likeness (QED) is 0.197. The van der Waals surface area contributed by atoms with E-state index >= 15 is 0 Å². The van der Waals surface area contributed by atoms with Crippen LogP contribution in [0, 0.1) is 27.0 Å². The number of hydrogen-bond donors (Lipinski definition) is 0. The van der Waals surface area contributed by atoms with Gasteiger partial charge in [0, 0.05) is 32.5 Å². The summed E-state index contributed by atoms with van der Waals surface area (Å²) in [5.41, 5.74) is 6.37. The van der Waals surface area contributed by atoms with Crippen LogP contribution in [0.2, 0.25) is 0 Å². The fourth-order valence-electron chi connectivity index (χ4n) is 3.02. The van der Waals surface area contributed by atoms with Gasteiger partial charge in [-0.25, -0.2) is 0 Å². The molecule has 2 heterocycles. The summed E-state index contributed by atoms with van der Waals surface area (Å²) in [5, 5.41) is 0. The first kappa shape index (κ1) is 27.6. The van der Waals surface area contributed by atoms with Gasteiger partial charge in [-0.1, -0.05) is 48.5 Å². The standard InChI is InChI=1S/C17H12N.C11H8N.2CH3.Ir/c1-3-7-14(8-4-1)16-11-12-18-17(13-16)15-9-5-2-6-10-15;1-2-6-10(7-3-1)11-8-4-5-9-12-11;;;/h1-9,11-13H;1-6,8-9H;2*1H3;/q4*-1;. The van der Waals surface area contributed by atoms with Crippen LogP contribution in [0.25, 0.3) is 33.6 Å². The molecule has 0 saturated heterocycles. The fraction of sp³-hybridized carbons (Fsp3) is 0. The van der Waals surface area contributed by atoms with Crippen molar-refractivity contribution in [1.29, 1.82) is 0 Å². The van der Waals surface area contributed by atoms with Crippen molar-refractivity contribution in [1.82, 2.24) is 9.97 Å². The fourth-order valence-corrected chi connectivity index (χ4v) is 3.02. The van der Waals surface area contributed by atoms with Crippen LogP contribution >= 0.6 is 0 Å². The molecule has 3 heteroatoms. The Morgan fingerprint density at radius 1 is 0.485 bits per heavy atom. The van der Waals surface area contributed by atoms with Gasteiger partial charge in [-0.2, -0.15) is 0 Å². The molecule has 0 aliphatic rings. The molecule has 169 valence electrons. The van der Waals surface area contributed by atoms with E-state index in [1.807, 2.05) is 97.2 Å². The third-order valence-corrected chi connectivity index (χ3v) is 4.50. The van der Waals surface area contributed by atoms with Gasteiger partial charge in [0.1, 0.15) is 0 Å². The van der Waals surface area contributed by atoms with E-state index in [4.69, 9.17) is 0 Å². The second-order valence-electron chi connectivity index (χ2n) is 6.56. The SMILES string of the molecule is [CH3-].[CH3-].[Ir].[c-]1ccccc1-c1cc(-c2ccccc2)ccn1.[c-]1ccccc1-c1ccccn1. The average Bonchev–Trinajstić information content (AvgIpc) is 2.87. The van der Waals surface area contributed by atoms with Crippen LogP contribution in [0.15, 0.2) is 122 Å². The monoisotopic (exact) mass is 607 g/mol. The Hall–Kier alpha value is -3.39. The van der Waals surface area contributed by atoms with E-state index in [-0.39, 0.29) is 35.0 Å². The Bertz CT molecular complexity index is 1070. The van der Waals surface area contributed by atoms with E-state index in [2.05, 4.69) is 40.3 Å². The first-order chi connectivity index (χ1) is 14.9. The minimum absolute atomic E-state index is 0. The molecule has 0 unspecified atom stereocenters. The molecule has 0 aliphatic carbocycles. The van der Waals surface area contributed by atoms with E-state index in [1.165, 1.54) is 11.1 Å².